The number of nitrogens with two attached hydrogens (primary N) is 1. The van der Waals surface area contributed by atoms with E-state index in [1.54, 1.807) is 25.7 Å². The van der Waals surface area contributed by atoms with Gasteiger partial charge in [-0.1, -0.05) is 31.9 Å². The maximum Gasteiger partial charge on any atom is 0.408 e. The molecule has 3 aliphatic rings. The largest absolute Gasteiger partial charge is 0.444 e. The Bertz CT molecular complexity index is 838. The number of fused-ring (bicyclic) bond motifs is 2. The fourth-order valence-corrected chi connectivity index (χ4v) is 4.91. The van der Waals surface area contributed by atoms with E-state index in [4.69, 9.17) is 10.6 Å². The summed E-state index contributed by atoms with van der Waals surface area (Å²) in [4.78, 5) is 53.5. The van der Waals surface area contributed by atoms with Gasteiger partial charge in [0.1, 0.15) is 23.2 Å². The summed E-state index contributed by atoms with van der Waals surface area (Å²) >= 11 is 0. The number of carbonyl (C=O) groups is 4. The van der Waals surface area contributed by atoms with Gasteiger partial charge < -0.3 is 20.3 Å². The lowest BCUT2D eigenvalue weighted by Crippen LogP contribution is -2.58. The van der Waals surface area contributed by atoms with Gasteiger partial charge >= 0.3 is 6.09 Å². The third-order valence-electron chi connectivity index (χ3n) is 6.71. The van der Waals surface area contributed by atoms with Crippen LogP contribution in [0.1, 0.15) is 72.6 Å². The van der Waals surface area contributed by atoms with E-state index in [-0.39, 0.29) is 23.7 Å². The van der Waals surface area contributed by atoms with Crippen LogP contribution in [0.3, 0.4) is 0 Å². The van der Waals surface area contributed by atoms with Gasteiger partial charge in [0.2, 0.25) is 11.8 Å². The van der Waals surface area contributed by atoms with Crippen molar-refractivity contribution in [1.82, 2.24) is 21.0 Å². The molecule has 2 heterocycles. The summed E-state index contributed by atoms with van der Waals surface area (Å²) in [5.41, 5.74) is 0.399. The second kappa shape index (κ2) is 10.3. The minimum atomic E-state index is -1.09. The zero-order valence-corrected chi connectivity index (χ0v) is 20.7. The first-order valence-electron chi connectivity index (χ1n) is 12.3. The van der Waals surface area contributed by atoms with Gasteiger partial charge in [0.05, 0.1) is 0 Å². The molecule has 0 aromatic carbocycles. The van der Waals surface area contributed by atoms with E-state index in [0.717, 1.165) is 25.7 Å². The maximum atomic E-state index is 13.6. The van der Waals surface area contributed by atoms with Crippen LogP contribution >= 0.6 is 0 Å². The van der Waals surface area contributed by atoms with Crippen LogP contribution in [0.25, 0.3) is 0 Å². The quantitative estimate of drug-likeness (QED) is 0.205. The molecule has 34 heavy (non-hydrogen) atoms. The Hall–Kier alpha value is -2.62. The van der Waals surface area contributed by atoms with Crippen LogP contribution in [0.2, 0.25) is 0 Å². The molecule has 5 N–H and O–H groups in total. The predicted octanol–water partition coefficient (Wildman–Crippen LogP) is 1.50. The number of allylic oxidation sites excluding steroid dienone is 1. The molecule has 3 rings (SSSR count). The van der Waals surface area contributed by atoms with Crippen molar-refractivity contribution < 1.29 is 23.9 Å². The smallest absolute Gasteiger partial charge is 0.408 e. The third kappa shape index (κ3) is 6.08. The molecule has 2 aliphatic heterocycles. The highest BCUT2D eigenvalue weighted by Gasteiger charge is 2.60. The van der Waals surface area contributed by atoms with Gasteiger partial charge in [-0.2, -0.15) is 0 Å². The fraction of sp³-hybridized carbons (Fsp3) is 0.750. The molecule has 1 saturated heterocycles. The number of hydrazine groups is 1. The van der Waals surface area contributed by atoms with Crippen LogP contribution in [-0.4, -0.2) is 58.5 Å². The molecule has 0 bridgehead atoms. The fourth-order valence-electron chi connectivity index (χ4n) is 4.91. The summed E-state index contributed by atoms with van der Waals surface area (Å²) in [7, 11) is 0. The van der Waals surface area contributed by atoms with Gasteiger partial charge in [0.15, 0.2) is 0 Å². The van der Waals surface area contributed by atoms with Crippen LogP contribution in [-0.2, 0) is 19.1 Å². The van der Waals surface area contributed by atoms with E-state index < -0.39 is 35.2 Å². The van der Waals surface area contributed by atoms with E-state index >= 15 is 0 Å². The van der Waals surface area contributed by atoms with E-state index in [0.29, 0.717) is 25.8 Å². The predicted molar refractivity (Wildman–Crippen MR) is 126 cm³/mol. The molecule has 0 aromatic heterocycles. The molecule has 2 fully saturated rings. The zero-order valence-electron chi connectivity index (χ0n) is 20.7. The first-order valence-corrected chi connectivity index (χ1v) is 12.3. The van der Waals surface area contributed by atoms with Crippen molar-refractivity contribution in [2.45, 2.75) is 95.9 Å². The number of carbonyl (C=O) groups excluding carboxylic acids is 4. The molecule has 10 heteroatoms. The van der Waals surface area contributed by atoms with Crippen LogP contribution in [0.15, 0.2) is 12.2 Å². The summed E-state index contributed by atoms with van der Waals surface area (Å²) in [5.74, 6) is 4.28. The Morgan fingerprint density at radius 3 is 2.65 bits per heavy atom. The molecule has 0 unspecified atom stereocenters. The van der Waals surface area contributed by atoms with Crippen molar-refractivity contribution in [3.63, 3.8) is 0 Å². The van der Waals surface area contributed by atoms with Crippen LogP contribution in [0.4, 0.5) is 4.79 Å². The number of ether oxygens (including phenoxy) is 1. The molecule has 0 spiro atoms. The molecule has 1 saturated carbocycles. The van der Waals surface area contributed by atoms with E-state index in [1.807, 2.05) is 19.1 Å². The highest BCUT2D eigenvalue weighted by molar-refractivity contribution is 5.98. The van der Waals surface area contributed by atoms with E-state index in [9.17, 15) is 19.2 Å². The molecular weight excluding hydrogens is 438 g/mol. The summed E-state index contributed by atoms with van der Waals surface area (Å²) in [6.07, 6.45) is 8.16. The Balaban J connectivity index is 1.84. The molecule has 1 aliphatic carbocycles. The topological polar surface area (TPSA) is 143 Å². The lowest BCUT2D eigenvalue weighted by atomic mass is 10.0. The first kappa shape index (κ1) is 26.0. The van der Waals surface area contributed by atoms with E-state index in [2.05, 4.69) is 16.1 Å². The van der Waals surface area contributed by atoms with Crippen LogP contribution in [0, 0.1) is 11.8 Å². The number of hydrogen-bond acceptors (Lipinski definition) is 6. The summed E-state index contributed by atoms with van der Waals surface area (Å²) < 4.78 is 5.37. The van der Waals surface area contributed by atoms with Gasteiger partial charge in [-0.25, -0.2) is 10.6 Å². The third-order valence-corrected chi connectivity index (χ3v) is 6.71. The van der Waals surface area contributed by atoms with Gasteiger partial charge in [0.25, 0.3) is 5.91 Å². The Kier molecular flexibility index (Phi) is 7.90. The zero-order chi connectivity index (χ0) is 25.1. The van der Waals surface area contributed by atoms with Crippen LogP contribution in [0.5, 0.6) is 0 Å². The second-order valence-electron chi connectivity index (χ2n) is 10.9. The summed E-state index contributed by atoms with van der Waals surface area (Å²) in [5, 5.41) is 5.63. The number of alkyl carbamates (subject to hydrolysis) is 1. The lowest BCUT2D eigenvalue weighted by Gasteiger charge is -2.30. The van der Waals surface area contributed by atoms with Gasteiger partial charge in [-0.05, 0) is 58.8 Å². The average molecular weight is 478 g/mol. The Labute approximate surface area is 201 Å². The molecule has 190 valence electrons. The number of rotatable bonds is 2. The normalized spacial score (nSPS) is 33.4. The van der Waals surface area contributed by atoms with Crippen molar-refractivity contribution in [3.05, 3.63) is 12.2 Å². The van der Waals surface area contributed by atoms with E-state index in [1.165, 1.54) is 0 Å². The van der Waals surface area contributed by atoms with Gasteiger partial charge in [-0.3, -0.25) is 19.8 Å². The SMILES string of the molecule is C[C@@H]1C[C@H]2C(=O)N[C@]3(C(=O)NN)C[C@H]3/C=C\CCCCC[C@H](NC(=O)OC(C)(C)C)C(=O)N2C1. The number of amides is 4. The molecular formula is C24H39N5O5. The summed E-state index contributed by atoms with van der Waals surface area (Å²) in [6, 6.07) is -1.51. The van der Waals surface area contributed by atoms with Crippen molar-refractivity contribution >= 4 is 23.8 Å². The number of nitrogens with zero attached hydrogens (tertiary/aromatic N) is 1. The van der Waals surface area contributed by atoms with Crippen LogP contribution < -0.4 is 21.9 Å². The molecule has 0 radical (unpaired) electrons. The monoisotopic (exact) mass is 477 g/mol. The minimum absolute atomic E-state index is 0.106. The number of hydrogen-bond donors (Lipinski definition) is 4. The standard InChI is InChI=1S/C24H39N5O5/c1-15-12-18-19(30)27-24(21(32)28-25)13-16(24)10-8-6-5-7-9-11-17(20(31)29(18)14-15)26-22(33)34-23(2,3)4/h8,10,15-18H,5-7,9,11-14,25H2,1-4H3,(H,26,33)(H,27,30)(H,28,32)/b10-8-/t15-,16-,17+,18+,24-/m1/s1. The molecule has 10 nitrogen and oxygen atoms in total. The minimum Gasteiger partial charge on any atom is -0.444 e. The molecule has 0 aromatic rings. The lowest BCUT2D eigenvalue weighted by molar-refractivity contribution is -0.141. The first-order chi connectivity index (χ1) is 16.0. The highest BCUT2D eigenvalue weighted by Crippen LogP contribution is 2.45. The highest BCUT2D eigenvalue weighted by atomic mass is 16.6. The number of nitrogens with one attached hydrogen (secondary N) is 3. The Morgan fingerprint density at radius 1 is 1.24 bits per heavy atom. The maximum absolute atomic E-state index is 13.6. The Morgan fingerprint density at radius 2 is 1.97 bits per heavy atom. The molecule has 4 amide bonds. The molecule has 5 atom stereocenters. The van der Waals surface area contributed by atoms with Gasteiger partial charge in [-0.15, -0.1) is 0 Å². The summed E-state index contributed by atoms with van der Waals surface area (Å²) in [6.45, 7) is 7.67. The van der Waals surface area contributed by atoms with Crippen molar-refractivity contribution in [1.29, 1.82) is 0 Å². The van der Waals surface area contributed by atoms with Crippen molar-refractivity contribution in [3.8, 4) is 0 Å². The van der Waals surface area contributed by atoms with Crippen molar-refractivity contribution in [2.24, 2.45) is 17.7 Å². The van der Waals surface area contributed by atoms with Gasteiger partial charge in [0, 0.05) is 12.5 Å². The average Bonchev–Trinajstić information content (AvgIpc) is 3.29. The van der Waals surface area contributed by atoms with Crippen molar-refractivity contribution in [2.75, 3.05) is 6.54 Å². The second-order valence-corrected chi connectivity index (χ2v) is 10.9.